The highest BCUT2D eigenvalue weighted by atomic mass is 16.1. The molecular weight excluding hydrogens is 272 g/mol. The Bertz CT molecular complexity index is 509. The van der Waals surface area contributed by atoms with Crippen molar-refractivity contribution in [3.63, 3.8) is 0 Å². The molecule has 3 nitrogen and oxygen atoms in total. The summed E-state index contributed by atoms with van der Waals surface area (Å²) in [6.45, 7) is 6.43. The molecule has 0 aromatic heterocycles. The van der Waals surface area contributed by atoms with Crippen LogP contribution in [0, 0.1) is 11.8 Å². The summed E-state index contributed by atoms with van der Waals surface area (Å²) in [6, 6.07) is 11.0. The van der Waals surface area contributed by atoms with Crippen LogP contribution in [0.5, 0.6) is 0 Å². The van der Waals surface area contributed by atoms with Crippen LogP contribution in [0.1, 0.15) is 37.3 Å². The molecule has 22 heavy (non-hydrogen) atoms. The number of hydrogen-bond donors (Lipinski definition) is 1. The molecule has 1 aromatic rings. The Labute approximate surface area is 133 Å². The lowest BCUT2D eigenvalue weighted by atomic mass is 9.88. The summed E-state index contributed by atoms with van der Waals surface area (Å²) < 4.78 is 0. The smallest absolute Gasteiger partial charge is 0.224 e. The van der Waals surface area contributed by atoms with Crippen LogP contribution < -0.4 is 5.32 Å². The number of likely N-dealkylation sites (tertiary alicyclic amines) is 1. The van der Waals surface area contributed by atoms with E-state index in [0.29, 0.717) is 6.04 Å². The van der Waals surface area contributed by atoms with Crippen molar-refractivity contribution in [2.45, 2.75) is 31.7 Å². The zero-order valence-electron chi connectivity index (χ0n) is 13.2. The number of amides is 1. The van der Waals surface area contributed by atoms with Crippen LogP contribution in [0.3, 0.4) is 0 Å². The predicted molar refractivity (Wildman–Crippen MR) is 89.4 cm³/mol. The van der Waals surface area contributed by atoms with Crippen molar-refractivity contribution in [3.8, 4) is 0 Å². The van der Waals surface area contributed by atoms with Gasteiger partial charge in [-0.25, -0.2) is 0 Å². The summed E-state index contributed by atoms with van der Waals surface area (Å²) >= 11 is 0. The number of hydrogen-bond acceptors (Lipinski definition) is 2. The largest absolute Gasteiger partial charge is 0.356 e. The van der Waals surface area contributed by atoms with Gasteiger partial charge in [-0.3, -0.25) is 9.69 Å². The van der Waals surface area contributed by atoms with Crippen molar-refractivity contribution in [2.24, 2.45) is 11.8 Å². The molecule has 2 aliphatic rings. The van der Waals surface area contributed by atoms with E-state index in [0.717, 1.165) is 38.4 Å². The highest BCUT2D eigenvalue weighted by Gasteiger charge is 2.32. The van der Waals surface area contributed by atoms with Crippen LogP contribution in [-0.4, -0.2) is 30.4 Å². The van der Waals surface area contributed by atoms with Gasteiger partial charge in [0.1, 0.15) is 0 Å². The Morgan fingerprint density at radius 3 is 2.68 bits per heavy atom. The average molecular weight is 298 g/mol. The van der Waals surface area contributed by atoms with Crippen LogP contribution in [0.2, 0.25) is 0 Å². The normalized spacial score (nSPS) is 25.6. The maximum Gasteiger partial charge on any atom is 0.224 e. The topological polar surface area (TPSA) is 32.3 Å². The number of nitrogens with zero attached hydrogens (tertiary/aromatic N) is 1. The predicted octanol–water partition coefficient (Wildman–Crippen LogP) is 3.15. The molecule has 1 aliphatic heterocycles. The Hall–Kier alpha value is -1.61. The number of rotatable bonds is 6. The van der Waals surface area contributed by atoms with Crippen LogP contribution in [0.15, 0.2) is 43.0 Å². The first-order valence-corrected chi connectivity index (χ1v) is 8.45. The lowest BCUT2D eigenvalue weighted by molar-refractivity contribution is -0.127. The molecule has 2 unspecified atom stereocenters. The Balaban J connectivity index is 1.62. The van der Waals surface area contributed by atoms with E-state index in [-0.39, 0.29) is 11.8 Å². The van der Waals surface area contributed by atoms with E-state index in [1.165, 1.54) is 18.4 Å². The van der Waals surface area contributed by atoms with Crippen LogP contribution in [-0.2, 0) is 4.79 Å². The molecule has 2 atom stereocenters. The third-order valence-corrected chi connectivity index (χ3v) is 4.86. The first-order chi connectivity index (χ1) is 10.8. The van der Waals surface area contributed by atoms with Gasteiger partial charge in [0.25, 0.3) is 0 Å². The quantitative estimate of drug-likeness (QED) is 0.818. The maximum atomic E-state index is 12.4. The number of benzene rings is 1. The maximum absolute atomic E-state index is 12.4. The van der Waals surface area contributed by atoms with Gasteiger partial charge >= 0.3 is 0 Å². The zero-order chi connectivity index (χ0) is 15.4. The monoisotopic (exact) mass is 298 g/mol. The van der Waals surface area contributed by atoms with Gasteiger partial charge < -0.3 is 5.32 Å². The summed E-state index contributed by atoms with van der Waals surface area (Å²) in [5.74, 6) is 1.11. The standard InChI is InChI=1S/C19H26N2O/c1-2-12-21-14-17(19(22)20-13-15-8-9-15)10-11-18(21)16-6-4-3-5-7-16/h2-7,15,17-18H,1,8-14H2,(H,20,22). The summed E-state index contributed by atoms with van der Waals surface area (Å²) in [4.78, 5) is 14.8. The minimum atomic E-state index is 0.124. The van der Waals surface area contributed by atoms with E-state index in [1.807, 2.05) is 6.08 Å². The summed E-state index contributed by atoms with van der Waals surface area (Å²) in [6.07, 6.45) is 6.52. The summed E-state index contributed by atoms with van der Waals surface area (Å²) in [5, 5.41) is 3.14. The molecule has 0 radical (unpaired) electrons. The van der Waals surface area contributed by atoms with E-state index in [2.05, 4.69) is 47.1 Å². The minimum absolute atomic E-state index is 0.124. The Morgan fingerprint density at radius 2 is 2.00 bits per heavy atom. The third-order valence-electron chi connectivity index (χ3n) is 4.86. The molecule has 1 aliphatic carbocycles. The van der Waals surface area contributed by atoms with Gasteiger partial charge in [-0.1, -0.05) is 36.4 Å². The Kier molecular flexibility index (Phi) is 4.94. The minimum Gasteiger partial charge on any atom is -0.356 e. The number of piperidine rings is 1. The highest BCUT2D eigenvalue weighted by Crippen LogP contribution is 2.33. The zero-order valence-corrected chi connectivity index (χ0v) is 13.2. The average Bonchev–Trinajstić information content (AvgIpc) is 3.38. The molecule has 1 aromatic carbocycles. The molecule has 1 N–H and O–H groups in total. The number of carbonyl (C=O) groups excluding carboxylic acids is 1. The van der Waals surface area contributed by atoms with Crippen molar-refractivity contribution in [2.75, 3.05) is 19.6 Å². The Morgan fingerprint density at radius 1 is 1.23 bits per heavy atom. The molecule has 118 valence electrons. The van der Waals surface area contributed by atoms with Crippen LogP contribution in [0.4, 0.5) is 0 Å². The molecule has 3 rings (SSSR count). The summed E-state index contributed by atoms with van der Waals surface area (Å²) in [7, 11) is 0. The number of nitrogens with one attached hydrogen (secondary N) is 1. The van der Waals surface area contributed by atoms with Gasteiger partial charge in [0.05, 0.1) is 5.92 Å². The fourth-order valence-electron chi connectivity index (χ4n) is 3.39. The van der Waals surface area contributed by atoms with Crippen LogP contribution >= 0.6 is 0 Å². The third kappa shape index (κ3) is 3.77. The molecule has 0 bridgehead atoms. The van der Waals surface area contributed by atoms with Crippen molar-refractivity contribution >= 4 is 5.91 Å². The molecule has 3 heteroatoms. The van der Waals surface area contributed by atoms with Crippen molar-refractivity contribution in [3.05, 3.63) is 48.6 Å². The van der Waals surface area contributed by atoms with Gasteiger partial charge in [-0.2, -0.15) is 0 Å². The van der Waals surface area contributed by atoms with Crippen molar-refractivity contribution in [1.82, 2.24) is 10.2 Å². The fourth-order valence-corrected chi connectivity index (χ4v) is 3.39. The fraction of sp³-hybridized carbons (Fsp3) is 0.526. The molecular formula is C19H26N2O. The van der Waals surface area contributed by atoms with E-state index in [1.54, 1.807) is 0 Å². The second kappa shape index (κ2) is 7.10. The molecule has 2 fully saturated rings. The van der Waals surface area contributed by atoms with Gasteiger partial charge in [0.15, 0.2) is 0 Å². The molecule has 1 saturated heterocycles. The van der Waals surface area contributed by atoms with Gasteiger partial charge in [0, 0.05) is 25.7 Å². The van der Waals surface area contributed by atoms with E-state index < -0.39 is 0 Å². The van der Waals surface area contributed by atoms with E-state index in [9.17, 15) is 4.79 Å². The second-order valence-corrected chi connectivity index (χ2v) is 6.63. The SMILES string of the molecule is C=CCN1CC(C(=O)NCC2CC2)CCC1c1ccccc1. The second-order valence-electron chi connectivity index (χ2n) is 6.63. The van der Waals surface area contributed by atoms with E-state index in [4.69, 9.17) is 0 Å². The van der Waals surface area contributed by atoms with Gasteiger partial charge in [-0.05, 0) is 37.2 Å². The van der Waals surface area contributed by atoms with Gasteiger partial charge in [0.2, 0.25) is 5.91 Å². The summed E-state index contributed by atoms with van der Waals surface area (Å²) in [5.41, 5.74) is 1.35. The number of carbonyl (C=O) groups is 1. The molecule has 0 spiro atoms. The van der Waals surface area contributed by atoms with Crippen molar-refractivity contribution in [1.29, 1.82) is 0 Å². The van der Waals surface area contributed by atoms with E-state index >= 15 is 0 Å². The highest BCUT2D eigenvalue weighted by molar-refractivity contribution is 5.79. The first-order valence-electron chi connectivity index (χ1n) is 8.45. The first kappa shape index (κ1) is 15.3. The molecule has 1 heterocycles. The lowest BCUT2D eigenvalue weighted by Crippen LogP contribution is -2.44. The molecule has 1 amide bonds. The van der Waals surface area contributed by atoms with Crippen LogP contribution in [0.25, 0.3) is 0 Å². The van der Waals surface area contributed by atoms with Gasteiger partial charge in [-0.15, -0.1) is 6.58 Å². The lowest BCUT2D eigenvalue weighted by Gasteiger charge is -2.39. The molecule has 1 saturated carbocycles. The van der Waals surface area contributed by atoms with Crippen molar-refractivity contribution < 1.29 is 4.79 Å².